The van der Waals surface area contributed by atoms with Crippen LogP contribution in [-0.2, 0) is 0 Å². The summed E-state index contributed by atoms with van der Waals surface area (Å²) in [7, 11) is 2.01. The SMILES string of the molecule is Cc1cc(C)c([C@H]2C[C@@H](O)[C@](C)(O)CN2C)cc1C. The fourth-order valence-corrected chi connectivity index (χ4v) is 3.07. The van der Waals surface area contributed by atoms with Gasteiger partial charge in [-0.3, -0.25) is 4.90 Å². The number of aliphatic hydroxyl groups is 2. The summed E-state index contributed by atoms with van der Waals surface area (Å²) in [5, 5.41) is 20.3. The largest absolute Gasteiger partial charge is 0.390 e. The molecule has 1 heterocycles. The second-order valence-corrected chi connectivity index (χ2v) is 6.33. The minimum Gasteiger partial charge on any atom is -0.390 e. The zero-order valence-corrected chi connectivity index (χ0v) is 12.6. The van der Waals surface area contributed by atoms with Gasteiger partial charge in [-0.05, 0) is 63.4 Å². The molecule has 1 aromatic carbocycles. The standard InChI is InChI=1S/C16H25NO2/c1-10-6-12(3)13(7-11(10)2)14-8-15(18)16(4,19)9-17(14)5/h6-7,14-15,18-19H,8-9H2,1-5H3/t14-,15-,16-/m1/s1. The summed E-state index contributed by atoms with van der Waals surface area (Å²) >= 11 is 0. The van der Waals surface area contributed by atoms with E-state index in [1.165, 1.54) is 22.3 Å². The Morgan fingerprint density at radius 2 is 1.74 bits per heavy atom. The van der Waals surface area contributed by atoms with Crippen molar-refractivity contribution >= 4 is 0 Å². The van der Waals surface area contributed by atoms with Gasteiger partial charge in [0.1, 0.15) is 5.60 Å². The molecule has 0 unspecified atom stereocenters. The maximum Gasteiger partial charge on any atom is 0.100 e. The highest BCUT2D eigenvalue weighted by Gasteiger charge is 2.41. The molecule has 0 aliphatic carbocycles. The highest BCUT2D eigenvalue weighted by atomic mass is 16.3. The Balaban J connectivity index is 2.35. The molecule has 19 heavy (non-hydrogen) atoms. The van der Waals surface area contributed by atoms with Crippen molar-refractivity contribution in [2.45, 2.75) is 51.9 Å². The Morgan fingerprint density at radius 3 is 2.37 bits per heavy atom. The molecule has 1 aliphatic rings. The molecule has 3 atom stereocenters. The monoisotopic (exact) mass is 263 g/mol. The first kappa shape index (κ1) is 14.5. The van der Waals surface area contributed by atoms with Crippen molar-refractivity contribution in [2.24, 2.45) is 0 Å². The van der Waals surface area contributed by atoms with Gasteiger partial charge in [0.05, 0.1) is 6.10 Å². The molecule has 0 radical (unpaired) electrons. The van der Waals surface area contributed by atoms with Crippen molar-refractivity contribution in [1.82, 2.24) is 4.90 Å². The molecule has 0 amide bonds. The van der Waals surface area contributed by atoms with Gasteiger partial charge >= 0.3 is 0 Å². The van der Waals surface area contributed by atoms with Crippen LogP contribution in [0.3, 0.4) is 0 Å². The molecule has 1 aromatic rings. The van der Waals surface area contributed by atoms with Crippen LogP contribution in [-0.4, -0.2) is 40.4 Å². The van der Waals surface area contributed by atoms with Gasteiger partial charge in [-0.2, -0.15) is 0 Å². The lowest BCUT2D eigenvalue weighted by Gasteiger charge is -2.44. The normalized spacial score (nSPS) is 32.6. The van der Waals surface area contributed by atoms with Gasteiger partial charge in [0, 0.05) is 12.6 Å². The van der Waals surface area contributed by atoms with Crippen molar-refractivity contribution in [3.05, 3.63) is 34.4 Å². The minimum atomic E-state index is -1.01. The molecule has 1 aliphatic heterocycles. The third-order valence-electron chi connectivity index (χ3n) is 4.51. The van der Waals surface area contributed by atoms with E-state index in [0.717, 1.165) is 0 Å². The second-order valence-electron chi connectivity index (χ2n) is 6.33. The quantitative estimate of drug-likeness (QED) is 0.815. The van der Waals surface area contributed by atoms with Gasteiger partial charge in [0.15, 0.2) is 0 Å². The Labute approximate surface area is 115 Å². The third-order valence-corrected chi connectivity index (χ3v) is 4.51. The van der Waals surface area contributed by atoms with E-state index in [-0.39, 0.29) is 6.04 Å². The molecule has 0 bridgehead atoms. The number of benzene rings is 1. The maximum absolute atomic E-state index is 10.2. The highest BCUT2D eigenvalue weighted by molar-refractivity contribution is 5.38. The predicted molar refractivity (Wildman–Crippen MR) is 77.3 cm³/mol. The Kier molecular flexibility index (Phi) is 3.74. The average molecular weight is 263 g/mol. The lowest BCUT2D eigenvalue weighted by molar-refractivity contribution is -0.121. The van der Waals surface area contributed by atoms with Gasteiger partial charge < -0.3 is 10.2 Å². The molecular weight excluding hydrogens is 238 g/mol. The van der Waals surface area contributed by atoms with E-state index in [1.807, 2.05) is 7.05 Å². The van der Waals surface area contributed by atoms with Crippen molar-refractivity contribution in [3.63, 3.8) is 0 Å². The van der Waals surface area contributed by atoms with E-state index < -0.39 is 11.7 Å². The van der Waals surface area contributed by atoms with E-state index in [0.29, 0.717) is 13.0 Å². The van der Waals surface area contributed by atoms with Crippen molar-refractivity contribution in [3.8, 4) is 0 Å². The molecule has 2 rings (SSSR count). The number of aryl methyl sites for hydroxylation is 3. The van der Waals surface area contributed by atoms with Crippen molar-refractivity contribution in [2.75, 3.05) is 13.6 Å². The van der Waals surface area contributed by atoms with E-state index >= 15 is 0 Å². The Bertz CT molecular complexity index is 482. The van der Waals surface area contributed by atoms with Gasteiger partial charge in [-0.1, -0.05) is 12.1 Å². The molecule has 0 saturated carbocycles. The molecular formula is C16H25NO2. The van der Waals surface area contributed by atoms with Crippen LogP contribution in [0.25, 0.3) is 0 Å². The number of hydrogen-bond donors (Lipinski definition) is 2. The zero-order valence-electron chi connectivity index (χ0n) is 12.6. The number of β-amino-alcohol motifs (C(OH)–C–C–N with tert-alkyl or cyclic N) is 1. The van der Waals surface area contributed by atoms with Gasteiger partial charge in [-0.25, -0.2) is 0 Å². The first-order chi connectivity index (χ1) is 8.72. The molecule has 1 saturated heterocycles. The molecule has 3 heteroatoms. The number of aliphatic hydroxyl groups excluding tert-OH is 1. The second kappa shape index (κ2) is 4.89. The average Bonchev–Trinajstić information content (AvgIpc) is 2.28. The van der Waals surface area contributed by atoms with E-state index in [1.54, 1.807) is 6.92 Å². The summed E-state index contributed by atoms with van der Waals surface area (Å²) < 4.78 is 0. The number of hydrogen-bond acceptors (Lipinski definition) is 3. The fourth-order valence-electron chi connectivity index (χ4n) is 3.07. The number of likely N-dealkylation sites (tertiary alicyclic amines) is 1. The highest BCUT2D eigenvalue weighted by Crippen LogP contribution is 2.36. The number of nitrogens with zero attached hydrogens (tertiary/aromatic N) is 1. The smallest absolute Gasteiger partial charge is 0.100 e. The summed E-state index contributed by atoms with van der Waals surface area (Å²) in [6.45, 7) is 8.56. The lowest BCUT2D eigenvalue weighted by Crippen LogP contribution is -2.54. The van der Waals surface area contributed by atoms with E-state index in [4.69, 9.17) is 0 Å². The number of likely N-dealkylation sites (N-methyl/N-ethyl adjacent to an activating group) is 1. The van der Waals surface area contributed by atoms with Crippen molar-refractivity contribution < 1.29 is 10.2 Å². The lowest BCUT2D eigenvalue weighted by atomic mass is 9.83. The molecule has 2 N–H and O–H groups in total. The summed E-state index contributed by atoms with van der Waals surface area (Å²) in [5.41, 5.74) is 4.08. The van der Waals surface area contributed by atoms with Crippen LogP contribution >= 0.6 is 0 Å². The molecule has 0 aromatic heterocycles. The molecule has 3 nitrogen and oxygen atoms in total. The van der Waals surface area contributed by atoms with Crippen LogP contribution in [0.2, 0.25) is 0 Å². The van der Waals surface area contributed by atoms with Crippen LogP contribution in [0.5, 0.6) is 0 Å². The predicted octanol–water partition coefficient (Wildman–Crippen LogP) is 2.10. The molecule has 0 spiro atoms. The molecule has 1 fully saturated rings. The van der Waals surface area contributed by atoms with E-state index in [9.17, 15) is 10.2 Å². The van der Waals surface area contributed by atoms with Crippen LogP contribution < -0.4 is 0 Å². The maximum atomic E-state index is 10.2. The summed E-state index contributed by atoms with van der Waals surface area (Å²) in [6.07, 6.45) is -0.0953. The van der Waals surface area contributed by atoms with Gasteiger partial charge in [-0.15, -0.1) is 0 Å². The van der Waals surface area contributed by atoms with E-state index in [2.05, 4.69) is 37.8 Å². The number of piperidine rings is 1. The van der Waals surface area contributed by atoms with Crippen LogP contribution in [0.1, 0.15) is 41.6 Å². The Hall–Kier alpha value is -0.900. The zero-order chi connectivity index (χ0) is 14.4. The van der Waals surface area contributed by atoms with Gasteiger partial charge in [0.25, 0.3) is 0 Å². The summed E-state index contributed by atoms with van der Waals surface area (Å²) in [4.78, 5) is 2.14. The van der Waals surface area contributed by atoms with Gasteiger partial charge in [0.2, 0.25) is 0 Å². The van der Waals surface area contributed by atoms with Crippen LogP contribution in [0.15, 0.2) is 12.1 Å². The van der Waals surface area contributed by atoms with Crippen molar-refractivity contribution in [1.29, 1.82) is 0 Å². The first-order valence-electron chi connectivity index (χ1n) is 6.91. The summed E-state index contributed by atoms with van der Waals surface area (Å²) in [6, 6.07) is 4.60. The molecule has 106 valence electrons. The fraction of sp³-hybridized carbons (Fsp3) is 0.625. The topological polar surface area (TPSA) is 43.7 Å². The number of rotatable bonds is 1. The minimum absolute atomic E-state index is 0.175. The Morgan fingerprint density at radius 1 is 1.16 bits per heavy atom. The first-order valence-corrected chi connectivity index (χ1v) is 6.91. The summed E-state index contributed by atoms with van der Waals surface area (Å²) in [5.74, 6) is 0. The van der Waals surface area contributed by atoms with Crippen LogP contribution in [0, 0.1) is 20.8 Å². The third kappa shape index (κ3) is 2.69. The van der Waals surface area contributed by atoms with Crippen LogP contribution in [0.4, 0.5) is 0 Å².